The lowest BCUT2D eigenvalue weighted by Gasteiger charge is -2.09. The predicted octanol–water partition coefficient (Wildman–Crippen LogP) is 2.63. The topological polar surface area (TPSA) is 56.7 Å². The van der Waals surface area contributed by atoms with E-state index in [1.54, 1.807) is 0 Å². The van der Waals surface area contributed by atoms with E-state index >= 15 is 0 Å². The van der Waals surface area contributed by atoms with Crippen LogP contribution < -0.4 is 5.73 Å². The molecule has 96 valence electrons. The molecule has 4 nitrogen and oxygen atoms in total. The van der Waals surface area contributed by atoms with Crippen LogP contribution in [0.2, 0.25) is 0 Å². The molecule has 0 bridgehead atoms. The standard InChI is InChI=1S/C14H20N4/c1-5-6-13-16-14(18(4)17-13)12-8-11(15)7-9(2)10(12)3/h7-8H,5-6,15H2,1-4H3. The van der Waals surface area contributed by atoms with Gasteiger partial charge in [-0.3, -0.25) is 0 Å². The molecule has 1 aromatic heterocycles. The summed E-state index contributed by atoms with van der Waals surface area (Å²) in [4.78, 5) is 4.61. The lowest BCUT2D eigenvalue weighted by molar-refractivity contribution is 0.737. The van der Waals surface area contributed by atoms with Crippen molar-refractivity contribution < 1.29 is 0 Å². The average Bonchev–Trinajstić information content (AvgIpc) is 2.65. The second-order valence-corrected chi connectivity index (χ2v) is 4.74. The summed E-state index contributed by atoms with van der Waals surface area (Å²) >= 11 is 0. The van der Waals surface area contributed by atoms with Gasteiger partial charge in [-0.25, -0.2) is 9.67 Å². The first-order valence-electron chi connectivity index (χ1n) is 6.30. The third-order valence-electron chi connectivity index (χ3n) is 3.21. The molecule has 0 saturated carbocycles. The fourth-order valence-electron chi connectivity index (χ4n) is 2.12. The number of nitrogens with two attached hydrogens (primary N) is 1. The Kier molecular flexibility index (Phi) is 3.36. The van der Waals surface area contributed by atoms with E-state index in [1.807, 2.05) is 23.9 Å². The van der Waals surface area contributed by atoms with E-state index in [0.717, 1.165) is 35.7 Å². The number of nitrogen functional groups attached to an aromatic ring is 1. The van der Waals surface area contributed by atoms with E-state index < -0.39 is 0 Å². The molecular weight excluding hydrogens is 224 g/mol. The van der Waals surface area contributed by atoms with Crippen molar-refractivity contribution in [1.29, 1.82) is 0 Å². The highest BCUT2D eigenvalue weighted by atomic mass is 15.3. The van der Waals surface area contributed by atoms with Crippen LogP contribution in [0.4, 0.5) is 5.69 Å². The van der Waals surface area contributed by atoms with Gasteiger partial charge in [-0.15, -0.1) is 0 Å². The fourth-order valence-corrected chi connectivity index (χ4v) is 2.12. The Labute approximate surface area is 108 Å². The normalized spacial score (nSPS) is 10.9. The van der Waals surface area contributed by atoms with Gasteiger partial charge in [0.25, 0.3) is 0 Å². The van der Waals surface area contributed by atoms with Crippen LogP contribution in [0.5, 0.6) is 0 Å². The van der Waals surface area contributed by atoms with Crippen LogP contribution in [0.1, 0.15) is 30.3 Å². The maximum Gasteiger partial charge on any atom is 0.158 e. The molecule has 2 aromatic rings. The van der Waals surface area contributed by atoms with Gasteiger partial charge in [0.05, 0.1) is 0 Å². The molecule has 1 aromatic carbocycles. The Morgan fingerprint density at radius 2 is 2.00 bits per heavy atom. The van der Waals surface area contributed by atoms with Crippen molar-refractivity contribution in [2.24, 2.45) is 7.05 Å². The second kappa shape index (κ2) is 4.80. The molecule has 0 unspecified atom stereocenters. The molecule has 0 amide bonds. The van der Waals surface area contributed by atoms with Crippen LogP contribution in [-0.2, 0) is 13.5 Å². The van der Waals surface area contributed by atoms with Crippen LogP contribution in [0.15, 0.2) is 12.1 Å². The molecule has 0 aliphatic rings. The first kappa shape index (κ1) is 12.6. The number of aromatic nitrogens is 3. The molecule has 18 heavy (non-hydrogen) atoms. The van der Waals surface area contributed by atoms with E-state index in [4.69, 9.17) is 5.73 Å². The number of hydrogen-bond acceptors (Lipinski definition) is 3. The maximum atomic E-state index is 5.92. The summed E-state index contributed by atoms with van der Waals surface area (Å²) in [5.74, 6) is 1.79. The van der Waals surface area contributed by atoms with E-state index in [2.05, 4.69) is 30.9 Å². The number of rotatable bonds is 3. The fraction of sp³-hybridized carbons (Fsp3) is 0.429. The third kappa shape index (κ3) is 2.23. The second-order valence-electron chi connectivity index (χ2n) is 4.74. The van der Waals surface area contributed by atoms with Crippen molar-refractivity contribution in [1.82, 2.24) is 14.8 Å². The molecular formula is C14H20N4. The van der Waals surface area contributed by atoms with Crippen molar-refractivity contribution in [3.8, 4) is 11.4 Å². The molecule has 0 saturated heterocycles. The quantitative estimate of drug-likeness (QED) is 0.844. The predicted molar refractivity (Wildman–Crippen MR) is 74.3 cm³/mol. The Balaban J connectivity index is 2.54. The van der Waals surface area contributed by atoms with Crippen LogP contribution in [0.25, 0.3) is 11.4 Å². The van der Waals surface area contributed by atoms with Gasteiger partial charge in [-0.2, -0.15) is 5.10 Å². The minimum absolute atomic E-state index is 0.771. The molecule has 0 fully saturated rings. The Bertz CT molecular complexity index is 569. The van der Waals surface area contributed by atoms with Gasteiger partial charge in [0.15, 0.2) is 11.6 Å². The third-order valence-corrected chi connectivity index (χ3v) is 3.21. The monoisotopic (exact) mass is 244 g/mol. The molecule has 2 rings (SSSR count). The summed E-state index contributed by atoms with van der Waals surface area (Å²) < 4.78 is 1.84. The van der Waals surface area contributed by atoms with Gasteiger partial charge < -0.3 is 5.73 Å². The number of anilines is 1. The van der Waals surface area contributed by atoms with E-state index in [9.17, 15) is 0 Å². The summed E-state index contributed by atoms with van der Waals surface area (Å²) in [5, 5.41) is 4.44. The summed E-state index contributed by atoms with van der Waals surface area (Å²) in [6.07, 6.45) is 1.96. The van der Waals surface area contributed by atoms with Crippen LogP contribution >= 0.6 is 0 Å². The van der Waals surface area contributed by atoms with Crippen molar-refractivity contribution in [3.63, 3.8) is 0 Å². The SMILES string of the molecule is CCCc1nc(-c2cc(N)cc(C)c2C)n(C)n1. The van der Waals surface area contributed by atoms with Crippen molar-refractivity contribution >= 4 is 5.69 Å². The molecule has 0 aliphatic heterocycles. The maximum absolute atomic E-state index is 5.92. The number of hydrogen-bond donors (Lipinski definition) is 1. The molecule has 0 atom stereocenters. The molecule has 0 spiro atoms. The highest BCUT2D eigenvalue weighted by Crippen LogP contribution is 2.26. The van der Waals surface area contributed by atoms with Crippen LogP contribution in [0.3, 0.4) is 0 Å². The molecule has 0 aliphatic carbocycles. The summed E-state index contributed by atoms with van der Waals surface area (Å²) in [5.41, 5.74) is 10.2. The van der Waals surface area contributed by atoms with E-state index in [-0.39, 0.29) is 0 Å². The molecule has 4 heteroatoms. The Morgan fingerprint density at radius 3 is 2.67 bits per heavy atom. The van der Waals surface area contributed by atoms with E-state index in [0.29, 0.717) is 0 Å². The summed E-state index contributed by atoms with van der Waals surface area (Å²) in [6, 6.07) is 3.96. The molecule has 2 N–H and O–H groups in total. The van der Waals surface area contributed by atoms with Crippen molar-refractivity contribution in [2.75, 3.05) is 5.73 Å². The minimum Gasteiger partial charge on any atom is -0.399 e. The highest BCUT2D eigenvalue weighted by molar-refractivity contribution is 5.67. The number of nitrogens with zero attached hydrogens (tertiary/aromatic N) is 3. The lowest BCUT2D eigenvalue weighted by Crippen LogP contribution is -1.99. The first-order chi connectivity index (χ1) is 8.52. The largest absolute Gasteiger partial charge is 0.399 e. The zero-order valence-electron chi connectivity index (χ0n) is 11.5. The van der Waals surface area contributed by atoms with Gasteiger partial charge in [0, 0.05) is 24.7 Å². The average molecular weight is 244 g/mol. The Morgan fingerprint density at radius 1 is 1.28 bits per heavy atom. The Hall–Kier alpha value is -1.84. The van der Waals surface area contributed by atoms with Crippen LogP contribution in [0, 0.1) is 13.8 Å². The number of aryl methyl sites for hydroxylation is 3. The smallest absolute Gasteiger partial charge is 0.158 e. The van der Waals surface area contributed by atoms with Gasteiger partial charge >= 0.3 is 0 Å². The van der Waals surface area contributed by atoms with Gasteiger partial charge in [0.1, 0.15) is 0 Å². The van der Waals surface area contributed by atoms with Crippen molar-refractivity contribution in [3.05, 3.63) is 29.1 Å². The zero-order valence-corrected chi connectivity index (χ0v) is 11.5. The van der Waals surface area contributed by atoms with E-state index in [1.165, 1.54) is 11.1 Å². The highest BCUT2D eigenvalue weighted by Gasteiger charge is 2.13. The first-order valence-corrected chi connectivity index (χ1v) is 6.30. The lowest BCUT2D eigenvalue weighted by atomic mass is 10.0. The van der Waals surface area contributed by atoms with Crippen molar-refractivity contribution in [2.45, 2.75) is 33.6 Å². The summed E-state index contributed by atoms with van der Waals surface area (Å²) in [6.45, 7) is 6.29. The number of benzene rings is 1. The van der Waals surface area contributed by atoms with Gasteiger partial charge in [0.2, 0.25) is 0 Å². The molecule has 1 heterocycles. The molecule has 0 radical (unpaired) electrons. The van der Waals surface area contributed by atoms with Gasteiger partial charge in [-0.05, 0) is 43.5 Å². The summed E-state index contributed by atoms with van der Waals surface area (Å²) in [7, 11) is 1.93. The van der Waals surface area contributed by atoms with Crippen LogP contribution in [-0.4, -0.2) is 14.8 Å². The van der Waals surface area contributed by atoms with Gasteiger partial charge in [-0.1, -0.05) is 6.92 Å². The minimum atomic E-state index is 0.771. The zero-order chi connectivity index (χ0) is 13.3.